The van der Waals surface area contributed by atoms with E-state index in [1.807, 2.05) is 72.8 Å². The van der Waals surface area contributed by atoms with Gasteiger partial charge in [0.25, 0.3) is 5.91 Å². The Labute approximate surface area is 157 Å². The maximum atomic E-state index is 12.9. The Bertz CT molecular complexity index is 911. The minimum atomic E-state index is -0.972. The number of nitrogens with one attached hydrogen (secondary N) is 2. The summed E-state index contributed by atoms with van der Waals surface area (Å²) in [6.07, 6.45) is -0.190. The molecule has 3 rings (SSSR count). The lowest BCUT2D eigenvalue weighted by Gasteiger charge is -2.19. The summed E-state index contributed by atoms with van der Waals surface area (Å²) in [6.45, 7) is 0. The number of carboxylic acids is 1. The Balaban J connectivity index is 1.83. The number of carboxylic acid groups (broad SMARTS) is 1. The molecule has 0 fully saturated rings. The van der Waals surface area contributed by atoms with Gasteiger partial charge in [0, 0.05) is 5.69 Å². The third kappa shape index (κ3) is 4.95. The lowest BCUT2D eigenvalue weighted by Crippen LogP contribution is -2.30. The van der Waals surface area contributed by atoms with Crippen LogP contribution in [0.25, 0.3) is 0 Å². The molecule has 3 aromatic rings. The molecule has 0 radical (unpaired) electrons. The van der Waals surface area contributed by atoms with Crippen LogP contribution in [0.5, 0.6) is 0 Å². The number of carbonyl (C=O) groups is 2. The fraction of sp³-hybridized carbons (Fsp3) is 0.0909. The van der Waals surface area contributed by atoms with Crippen LogP contribution in [0.3, 0.4) is 0 Å². The second-order valence-corrected chi connectivity index (χ2v) is 6.07. The normalized spacial score (nSPS) is 11.4. The Morgan fingerprint density at radius 3 is 2.07 bits per heavy atom. The van der Waals surface area contributed by atoms with E-state index in [0.29, 0.717) is 11.3 Å². The topological polar surface area (TPSA) is 78.4 Å². The molecule has 0 saturated carbocycles. The lowest BCUT2D eigenvalue weighted by atomic mass is 10.0. The van der Waals surface area contributed by atoms with Crippen molar-refractivity contribution in [3.8, 4) is 0 Å². The average molecular weight is 360 g/mol. The highest BCUT2D eigenvalue weighted by atomic mass is 16.4. The Morgan fingerprint density at radius 2 is 1.41 bits per heavy atom. The van der Waals surface area contributed by atoms with Crippen molar-refractivity contribution in [1.29, 1.82) is 0 Å². The quantitative estimate of drug-likeness (QED) is 0.584. The van der Waals surface area contributed by atoms with E-state index >= 15 is 0 Å². The van der Waals surface area contributed by atoms with E-state index in [1.54, 1.807) is 12.1 Å². The maximum Gasteiger partial charge on any atom is 0.305 e. The van der Waals surface area contributed by atoms with Gasteiger partial charge in [0.2, 0.25) is 0 Å². The zero-order valence-corrected chi connectivity index (χ0v) is 14.6. The molecule has 3 N–H and O–H groups in total. The molecule has 0 bridgehead atoms. The van der Waals surface area contributed by atoms with Gasteiger partial charge in [0.1, 0.15) is 0 Å². The smallest absolute Gasteiger partial charge is 0.305 e. The molecule has 1 atom stereocenters. The number of aliphatic carboxylic acids is 1. The van der Waals surface area contributed by atoms with E-state index in [1.165, 1.54) is 0 Å². The Kier molecular flexibility index (Phi) is 5.84. The van der Waals surface area contributed by atoms with Gasteiger partial charge in [-0.25, -0.2) is 0 Å². The number of para-hydroxylation sites is 2. The minimum Gasteiger partial charge on any atom is -0.481 e. The molecule has 0 aliphatic rings. The van der Waals surface area contributed by atoms with E-state index in [0.717, 1.165) is 11.3 Å². The van der Waals surface area contributed by atoms with Crippen LogP contribution in [0.1, 0.15) is 28.4 Å². The monoisotopic (exact) mass is 360 g/mol. The van der Waals surface area contributed by atoms with Crippen molar-refractivity contribution < 1.29 is 14.7 Å². The fourth-order valence-corrected chi connectivity index (χ4v) is 2.82. The van der Waals surface area contributed by atoms with Crippen molar-refractivity contribution in [2.45, 2.75) is 12.5 Å². The van der Waals surface area contributed by atoms with E-state index < -0.39 is 12.0 Å². The van der Waals surface area contributed by atoms with Crippen LogP contribution in [0.15, 0.2) is 84.9 Å². The summed E-state index contributed by atoms with van der Waals surface area (Å²) in [5.74, 6) is -1.30. The summed E-state index contributed by atoms with van der Waals surface area (Å²) in [5, 5.41) is 15.3. The Morgan fingerprint density at radius 1 is 0.815 bits per heavy atom. The predicted molar refractivity (Wildman–Crippen MR) is 105 cm³/mol. The van der Waals surface area contributed by atoms with Gasteiger partial charge in [-0.15, -0.1) is 0 Å². The molecule has 3 aromatic carbocycles. The van der Waals surface area contributed by atoms with Crippen molar-refractivity contribution in [2.75, 3.05) is 5.32 Å². The van der Waals surface area contributed by atoms with Crippen LogP contribution in [-0.2, 0) is 4.79 Å². The van der Waals surface area contributed by atoms with Crippen LogP contribution < -0.4 is 10.6 Å². The van der Waals surface area contributed by atoms with E-state index in [4.69, 9.17) is 0 Å². The van der Waals surface area contributed by atoms with Gasteiger partial charge in [0.15, 0.2) is 0 Å². The van der Waals surface area contributed by atoms with E-state index in [2.05, 4.69) is 10.6 Å². The molecule has 0 aliphatic heterocycles. The third-order valence-electron chi connectivity index (χ3n) is 4.11. The van der Waals surface area contributed by atoms with Crippen molar-refractivity contribution >= 4 is 23.3 Å². The average Bonchev–Trinajstić information content (AvgIpc) is 2.69. The molecular formula is C22H20N2O3. The van der Waals surface area contributed by atoms with Crippen LogP contribution in [-0.4, -0.2) is 17.0 Å². The van der Waals surface area contributed by atoms with Gasteiger partial charge < -0.3 is 15.7 Å². The number of hydrogen-bond donors (Lipinski definition) is 3. The molecule has 1 amide bonds. The zero-order valence-electron chi connectivity index (χ0n) is 14.6. The molecule has 5 nitrogen and oxygen atoms in total. The highest BCUT2D eigenvalue weighted by molar-refractivity contribution is 6.00. The first kappa shape index (κ1) is 18.2. The maximum absolute atomic E-state index is 12.9. The number of rotatable bonds is 7. The molecule has 27 heavy (non-hydrogen) atoms. The van der Waals surface area contributed by atoms with Crippen molar-refractivity contribution in [3.63, 3.8) is 0 Å². The molecule has 0 spiro atoms. The van der Waals surface area contributed by atoms with Crippen LogP contribution in [0, 0.1) is 0 Å². The van der Waals surface area contributed by atoms with Gasteiger partial charge in [-0.05, 0) is 29.8 Å². The summed E-state index contributed by atoms with van der Waals surface area (Å²) >= 11 is 0. The van der Waals surface area contributed by atoms with Crippen LogP contribution >= 0.6 is 0 Å². The summed E-state index contributed by atoms with van der Waals surface area (Å²) in [5.41, 5.74) is 2.72. The number of benzene rings is 3. The largest absolute Gasteiger partial charge is 0.481 e. The molecule has 0 heterocycles. The summed E-state index contributed by atoms with van der Waals surface area (Å²) in [4.78, 5) is 24.1. The standard InChI is InChI=1S/C22H20N2O3/c25-21(26)15-20(16-9-3-1-4-10-16)24-22(27)18-13-7-8-14-19(18)23-17-11-5-2-6-12-17/h1-14,20,23H,15H2,(H,24,27)(H,25,26). The van der Waals surface area contributed by atoms with Gasteiger partial charge in [-0.1, -0.05) is 60.7 Å². The summed E-state index contributed by atoms with van der Waals surface area (Å²) in [6, 6.07) is 25.2. The van der Waals surface area contributed by atoms with E-state index in [-0.39, 0.29) is 12.3 Å². The molecule has 0 saturated heterocycles. The predicted octanol–water partition coefficient (Wildman–Crippen LogP) is 4.38. The fourth-order valence-electron chi connectivity index (χ4n) is 2.82. The van der Waals surface area contributed by atoms with Crippen molar-refractivity contribution in [1.82, 2.24) is 5.32 Å². The Hall–Kier alpha value is -3.60. The molecule has 0 aliphatic carbocycles. The van der Waals surface area contributed by atoms with Gasteiger partial charge in [-0.3, -0.25) is 9.59 Å². The van der Waals surface area contributed by atoms with Crippen molar-refractivity contribution in [2.24, 2.45) is 0 Å². The molecule has 1 unspecified atom stereocenters. The van der Waals surface area contributed by atoms with Crippen LogP contribution in [0.4, 0.5) is 11.4 Å². The minimum absolute atomic E-state index is 0.190. The molecule has 0 aromatic heterocycles. The highest BCUT2D eigenvalue weighted by Gasteiger charge is 2.20. The van der Waals surface area contributed by atoms with E-state index in [9.17, 15) is 14.7 Å². The van der Waals surface area contributed by atoms with Gasteiger partial charge in [-0.2, -0.15) is 0 Å². The van der Waals surface area contributed by atoms with Crippen LogP contribution in [0.2, 0.25) is 0 Å². The molecule has 5 heteroatoms. The number of carbonyl (C=O) groups excluding carboxylic acids is 1. The lowest BCUT2D eigenvalue weighted by molar-refractivity contribution is -0.137. The summed E-state index contributed by atoms with van der Waals surface area (Å²) in [7, 11) is 0. The second-order valence-electron chi connectivity index (χ2n) is 6.07. The highest BCUT2D eigenvalue weighted by Crippen LogP contribution is 2.23. The first-order valence-electron chi connectivity index (χ1n) is 8.62. The summed E-state index contributed by atoms with van der Waals surface area (Å²) < 4.78 is 0. The number of hydrogen-bond acceptors (Lipinski definition) is 3. The zero-order chi connectivity index (χ0) is 19.1. The van der Waals surface area contributed by atoms with Gasteiger partial charge >= 0.3 is 5.97 Å². The first-order chi connectivity index (χ1) is 13.1. The SMILES string of the molecule is O=C(O)CC(NC(=O)c1ccccc1Nc1ccccc1)c1ccccc1. The van der Waals surface area contributed by atoms with Crippen molar-refractivity contribution in [3.05, 3.63) is 96.1 Å². The second kappa shape index (κ2) is 8.67. The number of amides is 1. The molecule has 136 valence electrons. The third-order valence-corrected chi connectivity index (χ3v) is 4.11. The molecular weight excluding hydrogens is 340 g/mol. The first-order valence-corrected chi connectivity index (χ1v) is 8.62. The van der Waals surface area contributed by atoms with Gasteiger partial charge in [0.05, 0.1) is 23.7 Å². The number of anilines is 2.